The molecule has 0 bridgehead atoms. The Labute approximate surface area is 168 Å². The molecule has 0 saturated carbocycles. The van der Waals surface area contributed by atoms with Crippen LogP contribution >= 0.6 is 0 Å². The van der Waals surface area contributed by atoms with Gasteiger partial charge in [0.05, 0.1) is 11.1 Å². The maximum atomic E-state index is 13.2. The number of hydrogen-bond donors (Lipinski definition) is 2. The number of benzene rings is 1. The van der Waals surface area contributed by atoms with Crippen LogP contribution in [0.4, 0.5) is 0 Å². The van der Waals surface area contributed by atoms with Crippen LogP contribution in [0.2, 0.25) is 0 Å². The van der Waals surface area contributed by atoms with E-state index in [0.717, 1.165) is 36.6 Å². The lowest BCUT2D eigenvalue weighted by Gasteiger charge is -2.28. The van der Waals surface area contributed by atoms with Gasteiger partial charge in [0.15, 0.2) is 0 Å². The summed E-state index contributed by atoms with van der Waals surface area (Å²) in [5, 5.41) is 5.69. The molecule has 4 aliphatic heterocycles. The van der Waals surface area contributed by atoms with E-state index in [1.165, 1.54) is 6.42 Å². The Balaban J connectivity index is 1.39. The number of carbonyl (C=O) groups is 4. The lowest BCUT2D eigenvalue weighted by molar-refractivity contribution is -0.136. The van der Waals surface area contributed by atoms with E-state index in [4.69, 9.17) is 0 Å². The Bertz CT molecular complexity index is 900. The summed E-state index contributed by atoms with van der Waals surface area (Å²) in [4.78, 5) is 53.2. The van der Waals surface area contributed by atoms with E-state index in [2.05, 4.69) is 15.5 Å². The number of likely N-dealkylation sites (tertiary alicyclic amines) is 1. The molecular formula is C21H24N4O4. The fourth-order valence-electron chi connectivity index (χ4n) is 5.26. The van der Waals surface area contributed by atoms with Crippen LogP contribution in [-0.4, -0.2) is 65.6 Å². The quantitative estimate of drug-likeness (QED) is 0.705. The van der Waals surface area contributed by atoms with Gasteiger partial charge in [0, 0.05) is 26.1 Å². The van der Waals surface area contributed by atoms with Crippen molar-refractivity contribution in [1.29, 1.82) is 0 Å². The van der Waals surface area contributed by atoms with Crippen LogP contribution < -0.4 is 10.6 Å². The van der Waals surface area contributed by atoms with Gasteiger partial charge in [-0.3, -0.25) is 34.3 Å². The van der Waals surface area contributed by atoms with Crippen molar-refractivity contribution in [2.75, 3.05) is 26.2 Å². The number of rotatable bonds is 3. The monoisotopic (exact) mass is 396 g/mol. The topological polar surface area (TPSA) is 98.8 Å². The zero-order valence-corrected chi connectivity index (χ0v) is 16.1. The Morgan fingerprint density at radius 1 is 1.00 bits per heavy atom. The predicted molar refractivity (Wildman–Crippen MR) is 103 cm³/mol. The highest BCUT2D eigenvalue weighted by atomic mass is 16.2. The zero-order chi connectivity index (χ0) is 20.1. The van der Waals surface area contributed by atoms with Crippen LogP contribution in [0, 0.1) is 11.8 Å². The molecule has 8 nitrogen and oxygen atoms in total. The largest absolute Gasteiger partial charge is 0.316 e. The molecule has 0 radical (unpaired) electrons. The van der Waals surface area contributed by atoms with E-state index in [1.807, 2.05) is 6.07 Å². The Kier molecular flexibility index (Phi) is 4.48. The third-order valence-electron chi connectivity index (χ3n) is 6.70. The van der Waals surface area contributed by atoms with Gasteiger partial charge < -0.3 is 5.32 Å². The first-order valence-electron chi connectivity index (χ1n) is 10.3. The number of amides is 4. The molecule has 3 fully saturated rings. The second-order valence-electron chi connectivity index (χ2n) is 8.49. The summed E-state index contributed by atoms with van der Waals surface area (Å²) in [7, 11) is 0. The van der Waals surface area contributed by atoms with E-state index in [1.54, 1.807) is 12.1 Å². The molecule has 2 N–H and O–H groups in total. The van der Waals surface area contributed by atoms with Gasteiger partial charge in [0.2, 0.25) is 11.8 Å². The summed E-state index contributed by atoms with van der Waals surface area (Å²) in [6.45, 7) is 4.71. The molecule has 5 rings (SSSR count). The summed E-state index contributed by atoms with van der Waals surface area (Å²) in [6.07, 6.45) is 1.48. The molecule has 0 aliphatic carbocycles. The summed E-state index contributed by atoms with van der Waals surface area (Å²) in [5.41, 5.74) is 1.60. The van der Waals surface area contributed by atoms with Crippen molar-refractivity contribution in [3.8, 4) is 0 Å². The number of carbonyl (C=O) groups excluding carboxylic acids is 4. The maximum Gasteiger partial charge on any atom is 0.262 e. The molecule has 1 aromatic carbocycles. The van der Waals surface area contributed by atoms with E-state index in [0.29, 0.717) is 29.5 Å². The average Bonchev–Trinajstić information content (AvgIpc) is 3.22. The van der Waals surface area contributed by atoms with Crippen molar-refractivity contribution in [2.45, 2.75) is 31.8 Å². The van der Waals surface area contributed by atoms with Crippen LogP contribution in [0.15, 0.2) is 18.2 Å². The van der Waals surface area contributed by atoms with Crippen molar-refractivity contribution >= 4 is 23.6 Å². The van der Waals surface area contributed by atoms with Crippen LogP contribution in [-0.2, 0) is 16.1 Å². The standard InChI is InChI=1S/C21H24N4O4/c26-17-5-4-16(19(27)23-17)25-20(28)15-3-1-2-13(18(15)21(25)29)10-24-9-12-6-7-22-8-14(12)11-24/h1-3,12,14,16,22H,4-11H2,(H,23,26,27)/t12-,14+,16?/m1/s1. The molecule has 1 aromatic rings. The molecular weight excluding hydrogens is 372 g/mol. The minimum atomic E-state index is -0.923. The van der Waals surface area contributed by atoms with Crippen LogP contribution in [0.5, 0.6) is 0 Å². The third-order valence-corrected chi connectivity index (χ3v) is 6.70. The third kappa shape index (κ3) is 3.07. The van der Waals surface area contributed by atoms with Crippen LogP contribution in [0.25, 0.3) is 0 Å². The Morgan fingerprint density at radius 3 is 2.62 bits per heavy atom. The van der Waals surface area contributed by atoms with E-state index in [9.17, 15) is 19.2 Å². The second-order valence-corrected chi connectivity index (χ2v) is 8.49. The van der Waals surface area contributed by atoms with Crippen molar-refractivity contribution in [1.82, 2.24) is 20.4 Å². The first-order chi connectivity index (χ1) is 14.0. The molecule has 4 aliphatic rings. The fourth-order valence-corrected chi connectivity index (χ4v) is 5.26. The normalized spacial score (nSPS) is 29.8. The van der Waals surface area contributed by atoms with E-state index >= 15 is 0 Å². The first kappa shape index (κ1) is 18.4. The minimum absolute atomic E-state index is 0.126. The molecule has 0 spiro atoms. The molecule has 152 valence electrons. The highest BCUT2D eigenvalue weighted by molar-refractivity contribution is 6.24. The van der Waals surface area contributed by atoms with E-state index in [-0.39, 0.29) is 18.7 Å². The first-order valence-corrected chi connectivity index (χ1v) is 10.3. The summed E-state index contributed by atoms with van der Waals surface area (Å²) < 4.78 is 0. The van der Waals surface area contributed by atoms with Gasteiger partial charge in [-0.2, -0.15) is 0 Å². The van der Waals surface area contributed by atoms with Gasteiger partial charge in [-0.25, -0.2) is 0 Å². The molecule has 1 unspecified atom stereocenters. The number of nitrogens with one attached hydrogen (secondary N) is 2. The number of fused-ring (bicyclic) bond motifs is 2. The average molecular weight is 396 g/mol. The van der Waals surface area contributed by atoms with Gasteiger partial charge in [-0.1, -0.05) is 12.1 Å². The van der Waals surface area contributed by atoms with Crippen LogP contribution in [0.1, 0.15) is 45.5 Å². The summed E-state index contributed by atoms with van der Waals surface area (Å²) in [5.74, 6) is -0.487. The molecule has 29 heavy (non-hydrogen) atoms. The number of hydrogen-bond acceptors (Lipinski definition) is 6. The molecule has 3 saturated heterocycles. The van der Waals surface area contributed by atoms with E-state index < -0.39 is 23.8 Å². The number of imide groups is 2. The Morgan fingerprint density at radius 2 is 1.83 bits per heavy atom. The Hall–Kier alpha value is -2.58. The zero-order valence-electron chi connectivity index (χ0n) is 16.1. The van der Waals surface area contributed by atoms with Gasteiger partial charge in [-0.15, -0.1) is 0 Å². The van der Waals surface area contributed by atoms with Crippen LogP contribution in [0.3, 0.4) is 0 Å². The van der Waals surface area contributed by atoms with Gasteiger partial charge in [-0.05, 0) is 49.4 Å². The molecule has 4 amide bonds. The van der Waals surface area contributed by atoms with Gasteiger partial charge >= 0.3 is 0 Å². The smallest absolute Gasteiger partial charge is 0.262 e. The van der Waals surface area contributed by atoms with Gasteiger partial charge in [0.1, 0.15) is 6.04 Å². The highest BCUT2D eigenvalue weighted by Crippen LogP contribution is 2.33. The predicted octanol–water partition coefficient (Wildman–Crippen LogP) is 0.129. The van der Waals surface area contributed by atoms with Crippen molar-refractivity contribution < 1.29 is 19.2 Å². The summed E-state index contributed by atoms with van der Waals surface area (Å²) in [6, 6.07) is 4.43. The molecule has 3 atom stereocenters. The second kappa shape index (κ2) is 7.03. The number of piperidine rings is 2. The maximum absolute atomic E-state index is 13.2. The minimum Gasteiger partial charge on any atom is -0.316 e. The molecule has 0 aromatic heterocycles. The lowest BCUT2D eigenvalue weighted by atomic mass is 9.90. The van der Waals surface area contributed by atoms with Crippen molar-refractivity contribution in [3.05, 3.63) is 34.9 Å². The SMILES string of the molecule is O=C1CCC(N2C(=O)c3cccc(CN4C[C@H]5CCNC[C@H]5C4)c3C2=O)C(=O)N1. The van der Waals surface area contributed by atoms with Crippen molar-refractivity contribution in [2.24, 2.45) is 11.8 Å². The molecule has 4 heterocycles. The molecule has 8 heteroatoms. The lowest BCUT2D eigenvalue weighted by Crippen LogP contribution is -2.54. The highest BCUT2D eigenvalue weighted by Gasteiger charge is 2.45. The van der Waals surface area contributed by atoms with Gasteiger partial charge in [0.25, 0.3) is 11.8 Å². The fraction of sp³-hybridized carbons (Fsp3) is 0.524. The van der Waals surface area contributed by atoms with Crippen molar-refractivity contribution in [3.63, 3.8) is 0 Å². The summed E-state index contributed by atoms with van der Waals surface area (Å²) >= 11 is 0. The number of nitrogens with zero attached hydrogens (tertiary/aromatic N) is 2.